The molecule has 3 amide bonds. The number of carbonyl (C=O) groups excluding carboxylic acids is 3. The summed E-state index contributed by atoms with van der Waals surface area (Å²) >= 11 is 0. The lowest BCUT2D eigenvalue weighted by atomic mass is 9.75. The van der Waals surface area contributed by atoms with Crippen molar-refractivity contribution in [1.29, 1.82) is 0 Å². The number of hydrogen-bond donors (Lipinski definition) is 0. The maximum absolute atomic E-state index is 13.4. The molecular weight excluding hydrogens is 360 g/mol. The van der Waals surface area contributed by atoms with Crippen LogP contribution in [0.4, 0.5) is 0 Å². The number of ether oxygens (including phenoxy) is 2. The highest BCUT2D eigenvalue weighted by Gasteiger charge is 2.55. The molecule has 0 bridgehead atoms. The first-order valence-corrected chi connectivity index (χ1v) is 9.62. The predicted octanol–water partition coefficient (Wildman–Crippen LogP) is 1.99. The third-order valence-corrected chi connectivity index (χ3v) is 5.28. The molecule has 0 aromatic heterocycles. The minimum Gasteiger partial charge on any atom is -0.496 e. The van der Waals surface area contributed by atoms with E-state index >= 15 is 0 Å². The van der Waals surface area contributed by atoms with Gasteiger partial charge in [0.1, 0.15) is 5.75 Å². The van der Waals surface area contributed by atoms with Gasteiger partial charge in [-0.3, -0.25) is 19.3 Å². The lowest BCUT2D eigenvalue weighted by molar-refractivity contribution is -0.143. The quantitative estimate of drug-likeness (QED) is 0.571. The molecule has 1 aromatic carbocycles. The number of rotatable bonds is 10. The zero-order valence-electron chi connectivity index (χ0n) is 17.2. The van der Waals surface area contributed by atoms with Crippen molar-refractivity contribution in [3.8, 4) is 5.75 Å². The maximum Gasteiger partial charge on any atom is 0.241 e. The average Bonchev–Trinajstić information content (AvgIpc) is 2.94. The van der Waals surface area contributed by atoms with Crippen LogP contribution < -0.4 is 4.74 Å². The fourth-order valence-corrected chi connectivity index (χ4v) is 3.61. The minimum absolute atomic E-state index is 0.0523. The van der Waals surface area contributed by atoms with Crippen molar-refractivity contribution in [1.82, 2.24) is 9.80 Å². The first kappa shape index (κ1) is 21.9. The molecule has 1 aliphatic rings. The van der Waals surface area contributed by atoms with Gasteiger partial charge in [0.15, 0.2) is 0 Å². The van der Waals surface area contributed by atoms with Crippen LogP contribution in [-0.4, -0.2) is 68.5 Å². The van der Waals surface area contributed by atoms with Gasteiger partial charge in [-0.2, -0.15) is 0 Å². The highest BCUT2D eigenvalue weighted by Crippen LogP contribution is 2.44. The molecule has 7 nitrogen and oxygen atoms in total. The number of carbonyl (C=O) groups is 3. The van der Waals surface area contributed by atoms with Crippen LogP contribution in [0, 0.1) is 0 Å². The third kappa shape index (κ3) is 4.35. The number of unbranched alkanes of at least 4 members (excludes halogenated alkanes) is 1. The topological polar surface area (TPSA) is 76.2 Å². The lowest BCUT2D eigenvalue weighted by Gasteiger charge is -2.30. The van der Waals surface area contributed by atoms with Gasteiger partial charge in [-0.25, -0.2) is 0 Å². The number of methoxy groups -OCH3 is 2. The van der Waals surface area contributed by atoms with Crippen molar-refractivity contribution in [3.63, 3.8) is 0 Å². The van der Waals surface area contributed by atoms with E-state index in [9.17, 15) is 14.4 Å². The van der Waals surface area contributed by atoms with E-state index in [1.54, 1.807) is 36.2 Å². The minimum atomic E-state index is -1.25. The number of nitrogens with zero attached hydrogens (tertiary/aromatic N) is 2. The molecule has 0 N–H and O–H groups in total. The van der Waals surface area contributed by atoms with Gasteiger partial charge in [-0.15, -0.1) is 0 Å². The molecule has 154 valence electrons. The molecule has 1 saturated heterocycles. The van der Waals surface area contributed by atoms with Crippen LogP contribution in [0.2, 0.25) is 0 Å². The fourth-order valence-electron chi connectivity index (χ4n) is 3.61. The number of imide groups is 1. The number of amides is 3. The van der Waals surface area contributed by atoms with Gasteiger partial charge in [-0.05, 0) is 12.5 Å². The van der Waals surface area contributed by atoms with Crippen LogP contribution in [0.3, 0.4) is 0 Å². The lowest BCUT2D eigenvalue weighted by Crippen LogP contribution is -2.43. The van der Waals surface area contributed by atoms with Crippen LogP contribution in [0.25, 0.3) is 0 Å². The number of likely N-dealkylation sites (tertiary alicyclic amines) is 1. The van der Waals surface area contributed by atoms with Crippen LogP contribution in [-0.2, 0) is 24.5 Å². The van der Waals surface area contributed by atoms with E-state index in [2.05, 4.69) is 6.92 Å². The predicted molar refractivity (Wildman–Crippen MR) is 105 cm³/mol. The molecule has 0 spiro atoms. The Balaban J connectivity index is 2.44. The summed E-state index contributed by atoms with van der Waals surface area (Å²) in [6.07, 6.45) is 1.74. The number of benzene rings is 1. The van der Waals surface area contributed by atoms with E-state index in [0.717, 1.165) is 12.8 Å². The monoisotopic (exact) mass is 390 g/mol. The Morgan fingerprint density at radius 1 is 1.25 bits per heavy atom. The second-order valence-electron chi connectivity index (χ2n) is 7.15. The highest BCUT2D eigenvalue weighted by molar-refractivity contribution is 6.11. The van der Waals surface area contributed by atoms with E-state index in [1.165, 1.54) is 19.1 Å². The van der Waals surface area contributed by atoms with Gasteiger partial charge in [-0.1, -0.05) is 31.5 Å². The molecule has 0 aliphatic carbocycles. The van der Waals surface area contributed by atoms with Crippen molar-refractivity contribution in [2.45, 2.75) is 38.0 Å². The molecule has 7 heteroatoms. The molecule has 1 aliphatic heterocycles. The summed E-state index contributed by atoms with van der Waals surface area (Å²) in [5, 5.41) is 0. The first-order chi connectivity index (χ1) is 13.4. The van der Waals surface area contributed by atoms with Crippen molar-refractivity contribution >= 4 is 17.7 Å². The Bertz CT molecular complexity index is 721. The van der Waals surface area contributed by atoms with E-state index in [0.29, 0.717) is 17.9 Å². The van der Waals surface area contributed by atoms with Crippen LogP contribution in [0.15, 0.2) is 24.3 Å². The standard InChI is InChI=1S/C21H30N2O5/c1-5-6-11-22(2)18(24)14-21(16-9-7-8-10-17(16)28-4)15-19(25)23(20(21)26)12-13-27-3/h7-10H,5-6,11-15H2,1-4H3/t21-/m0/s1. The van der Waals surface area contributed by atoms with Gasteiger partial charge in [0, 0.05) is 39.1 Å². The summed E-state index contributed by atoms with van der Waals surface area (Å²) in [7, 11) is 4.77. The summed E-state index contributed by atoms with van der Waals surface area (Å²) in [4.78, 5) is 41.9. The largest absolute Gasteiger partial charge is 0.496 e. The number of hydrogen-bond acceptors (Lipinski definition) is 5. The van der Waals surface area contributed by atoms with Gasteiger partial charge in [0.2, 0.25) is 17.7 Å². The SMILES string of the molecule is CCCCN(C)C(=O)C[C@@]1(c2ccccc2OC)CC(=O)N(CCOC)C1=O. The summed E-state index contributed by atoms with van der Waals surface area (Å²) in [5.74, 6) is -0.316. The maximum atomic E-state index is 13.4. The number of para-hydroxylation sites is 1. The van der Waals surface area contributed by atoms with Gasteiger partial charge in [0.25, 0.3) is 0 Å². The fraction of sp³-hybridized carbons (Fsp3) is 0.571. The average molecular weight is 390 g/mol. The zero-order chi connectivity index (χ0) is 20.7. The summed E-state index contributed by atoms with van der Waals surface area (Å²) < 4.78 is 10.5. The van der Waals surface area contributed by atoms with E-state index in [4.69, 9.17) is 9.47 Å². The van der Waals surface area contributed by atoms with E-state index in [-0.39, 0.29) is 43.7 Å². The van der Waals surface area contributed by atoms with Gasteiger partial charge in [0.05, 0.1) is 25.7 Å². The second-order valence-corrected chi connectivity index (χ2v) is 7.15. The smallest absolute Gasteiger partial charge is 0.241 e. The van der Waals surface area contributed by atoms with E-state index in [1.807, 2.05) is 0 Å². The molecule has 1 fully saturated rings. The van der Waals surface area contributed by atoms with Crippen molar-refractivity contribution in [2.75, 3.05) is 41.0 Å². The molecule has 28 heavy (non-hydrogen) atoms. The molecule has 0 radical (unpaired) electrons. The summed E-state index contributed by atoms with van der Waals surface area (Å²) in [6.45, 7) is 3.10. The van der Waals surface area contributed by atoms with Crippen LogP contribution in [0.5, 0.6) is 5.75 Å². The molecule has 1 heterocycles. The molecule has 0 saturated carbocycles. The zero-order valence-corrected chi connectivity index (χ0v) is 17.2. The first-order valence-electron chi connectivity index (χ1n) is 9.62. The van der Waals surface area contributed by atoms with Crippen LogP contribution >= 0.6 is 0 Å². The van der Waals surface area contributed by atoms with Crippen molar-refractivity contribution in [3.05, 3.63) is 29.8 Å². The molecule has 1 atom stereocenters. The Labute approximate surface area is 166 Å². The van der Waals surface area contributed by atoms with Gasteiger partial charge >= 0.3 is 0 Å². The Morgan fingerprint density at radius 2 is 1.96 bits per heavy atom. The summed E-state index contributed by atoms with van der Waals surface area (Å²) in [6, 6.07) is 7.11. The molecule has 1 aromatic rings. The Kier molecular flexibility index (Phi) is 7.57. The third-order valence-electron chi connectivity index (χ3n) is 5.28. The van der Waals surface area contributed by atoms with Crippen molar-refractivity contribution in [2.24, 2.45) is 0 Å². The molecular formula is C21H30N2O5. The molecule has 0 unspecified atom stereocenters. The van der Waals surface area contributed by atoms with Crippen molar-refractivity contribution < 1.29 is 23.9 Å². The van der Waals surface area contributed by atoms with E-state index < -0.39 is 5.41 Å². The normalized spacial score (nSPS) is 19.2. The van der Waals surface area contributed by atoms with Gasteiger partial charge < -0.3 is 14.4 Å². The van der Waals surface area contributed by atoms with Crippen LogP contribution in [0.1, 0.15) is 38.2 Å². The Morgan fingerprint density at radius 3 is 2.61 bits per heavy atom. The second kappa shape index (κ2) is 9.68. The highest BCUT2D eigenvalue weighted by atomic mass is 16.5. The summed E-state index contributed by atoms with van der Waals surface area (Å²) in [5.41, 5.74) is -0.678. The molecule has 2 rings (SSSR count). The Hall–Kier alpha value is -2.41.